The molecule has 0 aliphatic carbocycles. The molecule has 4 rings (SSSR count). The molecule has 2 unspecified atom stereocenters. The van der Waals surface area contributed by atoms with Crippen LogP contribution < -0.4 is 5.32 Å². The first-order valence-electron chi connectivity index (χ1n) is 11.2. The number of hydrogen-bond acceptors (Lipinski definition) is 4. The lowest BCUT2D eigenvalue weighted by atomic mass is 9.87. The lowest BCUT2D eigenvalue weighted by molar-refractivity contribution is -0.150. The number of esters is 1. The Morgan fingerprint density at radius 3 is 2.29 bits per heavy atom. The Bertz CT molecular complexity index is 1340. The molecule has 0 saturated heterocycles. The average molecular weight is 469 g/mol. The second-order valence-electron chi connectivity index (χ2n) is 8.53. The third-order valence-corrected chi connectivity index (χ3v) is 5.98. The zero-order chi connectivity index (χ0) is 24.1. The highest BCUT2D eigenvalue weighted by molar-refractivity contribution is 6.30. The van der Waals surface area contributed by atoms with Crippen molar-refractivity contribution in [2.45, 2.75) is 25.9 Å². The molecule has 0 aromatic heterocycles. The Kier molecular flexibility index (Phi) is 7.15. The molecule has 0 aliphatic rings. The first kappa shape index (κ1) is 23.4. The van der Waals surface area contributed by atoms with Crippen LogP contribution in [0, 0.1) is 17.2 Å². The van der Waals surface area contributed by atoms with Gasteiger partial charge in [-0.2, -0.15) is 5.26 Å². The van der Waals surface area contributed by atoms with E-state index in [1.165, 1.54) is 0 Å². The fraction of sp³-hybridized carbons (Fsp3) is 0.172. The lowest BCUT2D eigenvalue weighted by Gasteiger charge is -2.22. The van der Waals surface area contributed by atoms with Gasteiger partial charge >= 0.3 is 5.97 Å². The van der Waals surface area contributed by atoms with Gasteiger partial charge in [0.05, 0.1) is 5.92 Å². The standard InChI is InChI=1S/C29H25ClN2O2/c1-19(2)28(23-11-10-20-6-3-4-7-21(20)16-23)29(33)34-27(18-31)22-8-5-9-26(17-22)32-25-14-12-24(30)13-15-25/h3-17,19,27-28,32H,1-2H3. The number of ether oxygens (including phenoxy) is 1. The van der Waals surface area contributed by atoms with Gasteiger partial charge in [-0.1, -0.05) is 80.0 Å². The van der Waals surface area contributed by atoms with Gasteiger partial charge in [-0.05, 0) is 58.7 Å². The number of fused-ring (bicyclic) bond motifs is 1. The summed E-state index contributed by atoms with van der Waals surface area (Å²) in [6.45, 7) is 3.97. The maximum absolute atomic E-state index is 13.3. The van der Waals surface area contributed by atoms with Gasteiger partial charge in [0.2, 0.25) is 6.10 Å². The summed E-state index contributed by atoms with van der Waals surface area (Å²) in [6, 6.07) is 30.8. The van der Waals surface area contributed by atoms with E-state index < -0.39 is 18.0 Å². The summed E-state index contributed by atoms with van der Waals surface area (Å²) in [5.41, 5.74) is 3.14. The predicted octanol–water partition coefficient (Wildman–Crippen LogP) is 7.78. The number of nitrogens with zero attached hydrogens (tertiary/aromatic N) is 1. The van der Waals surface area contributed by atoms with Crippen LogP contribution in [0.3, 0.4) is 0 Å². The zero-order valence-corrected chi connectivity index (χ0v) is 19.8. The van der Waals surface area contributed by atoms with Gasteiger partial charge in [0.25, 0.3) is 0 Å². The van der Waals surface area contributed by atoms with Gasteiger partial charge in [-0.25, -0.2) is 0 Å². The molecule has 0 amide bonds. The van der Waals surface area contributed by atoms with Crippen molar-refractivity contribution in [3.05, 3.63) is 107 Å². The highest BCUT2D eigenvalue weighted by Crippen LogP contribution is 2.31. The highest BCUT2D eigenvalue weighted by atomic mass is 35.5. The molecule has 5 heteroatoms. The van der Waals surface area contributed by atoms with E-state index in [1.807, 2.05) is 86.6 Å². The van der Waals surface area contributed by atoms with Crippen molar-refractivity contribution in [1.82, 2.24) is 0 Å². The van der Waals surface area contributed by atoms with Crippen LogP contribution >= 0.6 is 11.6 Å². The van der Waals surface area contributed by atoms with E-state index in [0.29, 0.717) is 10.6 Å². The summed E-state index contributed by atoms with van der Waals surface area (Å²) >= 11 is 5.96. The number of hydrogen-bond donors (Lipinski definition) is 1. The van der Waals surface area contributed by atoms with Gasteiger partial charge in [0.15, 0.2) is 0 Å². The van der Waals surface area contributed by atoms with Crippen molar-refractivity contribution in [3.8, 4) is 6.07 Å². The van der Waals surface area contributed by atoms with Crippen LogP contribution in [0.1, 0.15) is 37.0 Å². The smallest absolute Gasteiger partial charge is 0.315 e. The molecule has 34 heavy (non-hydrogen) atoms. The van der Waals surface area contributed by atoms with Crippen molar-refractivity contribution < 1.29 is 9.53 Å². The first-order valence-corrected chi connectivity index (χ1v) is 11.5. The number of nitrogens with one attached hydrogen (secondary N) is 1. The minimum Gasteiger partial charge on any atom is -0.441 e. The minimum atomic E-state index is -1.01. The van der Waals surface area contributed by atoms with Gasteiger partial charge < -0.3 is 10.1 Å². The van der Waals surface area contributed by atoms with Gasteiger partial charge in [0, 0.05) is 22.0 Å². The second kappa shape index (κ2) is 10.4. The second-order valence-corrected chi connectivity index (χ2v) is 8.97. The van der Waals surface area contributed by atoms with Crippen LogP contribution in [0.4, 0.5) is 11.4 Å². The third-order valence-electron chi connectivity index (χ3n) is 5.73. The van der Waals surface area contributed by atoms with Gasteiger partial charge in [-0.3, -0.25) is 4.79 Å². The van der Waals surface area contributed by atoms with E-state index in [1.54, 1.807) is 18.2 Å². The Labute approximate surface area is 204 Å². The zero-order valence-electron chi connectivity index (χ0n) is 19.0. The molecule has 0 spiro atoms. The molecule has 1 N–H and O–H groups in total. The summed E-state index contributed by atoms with van der Waals surface area (Å²) in [7, 11) is 0. The molecule has 0 saturated carbocycles. The van der Waals surface area contributed by atoms with E-state index in [4.69, 9.17) is 16.3 Å². The van der Waals surface area contributed by atoms with Crippen LogP contribution in [-0.4, -0.2) is 5.97 Å². The lowest BCUT2D eigenvalue weighted by Crippen LogP contribution is -2.22. The Morgan fingerprint density at radius 1 is 0.853 bits per heavy atom. The Morgan fingerprint density at radius 2 is 1.59 bits per heavy atom. The van der Waals surface area contributed by atoms with Crippen molar-refractivity contribution in [2.75, 3.05) is 5.32 Å². The normalized spacial score (nSPS) is 12.7. The maximum atomic E-state index is 13.3. The van der Waals surface area contributed by atoms with Crippen LogP contribution in [0.15, 0.2) is 91.0 Å². The van der Waals surface area contributed by atoms with E-state index >= 15 is 0 Å². The number of anilines is 2. The average Bonchev–Trinajstić information content (AvgIpc) is 2.84. The summed E-state index contributed by atoms with van der Waals surface area (Å²) in [5.74, 6) is -0.880. The topological polar surface area (TPSA) is 62.1 Å². The Hall–Kier alpha value is -3.81. The molecule has 170 valence electrons. The summed E-state index contributed by atoms with van der Waals surface area (Å²) in [4.78, 5) is 13.3. The maximum Gasteiger partial charge on any atom is 0.315 e. The van der Waals surface area contributed by atoms with Crippen molar-refractivity contribution in [3.63, 3.8) is 0 Å². The number of benzene rings is 4. The SMILES string of the molecule is CC(C)C(C(=O)OC(C#N)c1cccc(Nc2ccc(Cl)cc2)c1)c1ccc2ccccc2c1. The number of rotatable bonds is 7. The number of nitriles is 1. The third kappa shape index (κ3) is 5.39. The highest BCUT2D eigenvalue weighted by Gasteiger charge is 2.29. The molecule has 0 aliphatic heterocycles. The van der Waals surface area contributed by atoms with Crippen molar-refractivity contribution in [1.29, 1.82) is 5.26 Å². The molecule has 0 heterocycles. The molecule has 0 fully saturated rings. The first-order chi connectivity index (χ1) is 16.4. The van der Waals surface area contributed by atoms with Gasteiger partial charge in [0.1, 0.15) is 6.07 Å². The van der Waals surface area contributed by atoms with E-state index in [9.17, 15) is 10.1 Å². The van der Waals surface area contributed by atoms with E-state index in [-0.39, 0.29) is 5.92 Å². The molecule has 4 aromatic rings. The van der Waals surface area contributed by atoms with Crippen LogP contribution in [0.25, 0.3) is 10.8 Å². The quantitative estimate of drug-likeness (QED) is 0.281. The fourth-order valence-electron chi connectivity index (χ4n) is 4.03. The molecule has 0 radical (unpaired) electrons. The van der Waals surface area contributed by atoms with Crippen LogP contribution in [0.2, 0.25) is 5.02 Å². The van der Waals surface area contributed by atoms with Crippen LogP contribution in [0.5, 0.6) is 0 Å². The molecule has 0 bridgehead atoms. The molecule has 2 atom stereocenters. The summed E-state index contributed by atoms with van der Waals surface area (Å²) in [5, 5.41) is 15.9. The summed E-state index contributed by atoms with van der Waals surface area (Å²) < 4.78 is 5.75. The fourth-order valence-corrected chi connectivity index (χ4v) is 4.16. The van der Waals surface area contributed by atoms with Crippen molar-refractivity contribution >= 4 is 39.7 Å². The Balaban J connectivity index is 1.55. The number of carbonyl (C=O) groups excluding carboxylic acids is 1. The number of carbonyl (C=O) groups is 1. The van der Waals surface area contributed by atoms with Gasteiger partial charge in [-0.15, -0.1) is 0 Å². The molecule has 4 nitrogen and oxygen atoms in total. The summed E-state index contributed by atoms with van der Waals surface area (Å²) in [6.07, 6.45) is -1.01. The predicted molar refractivity (Wildman–Crippen MR) is 137 cm³/mol. The number of halogens is 1. The molecular formula is C29H25ClN2O2. The monoisotopic (exact) mass is 468 g/mol. The molecule has 4 aromatic carbocycles. The minimum absolute atomic E-state index is 0.00547. The van der Waals surface area contributed by atoms with Crippen molar-refractivity contribution in [2.24, 2.45) is 5.92 Å². The van der Waals surface area contributed by atoms with E-state index in [0.717, 1.165) is 27.7 Å². The largest absolute Gasteiger partial charge is 0.441 e. The van der Waals surface area contributed by atoms with Crippen LogP contribution in [-0.2, 0) is 9.53 Å². The molecular weight excluding hydrogens is 444 g/mol. The van der Waals surface area contributed by atoms with E-state index in [2.05, 4.69) is 11.4 Å².